The Morgan fingerprint density at radius 1 is 1.26 bits per heavy atom. The number of alkyl halides is 3. The first-order chi connectivity index (χ1) is 12.5. The molecule has 2 rings (SSSR count). The molecule has 1 aliphatic rings. The molecule has 0 heterocycles. The maximum atomic E-state index is 12.9. The highest BCUT2D eigenvalue weighted by Crippen LogP contribution is 2.40. The van der Waals surface area contributed by atoms with Crippen molar-refractivity contribution in [3.05, 3.63) is 18.2 Å². The average Bonchev–Trinajstić information content (AvgIpc) is 2.60. The summed E-state index contributed by atoms with van der Waals surface area (Å²) in [5.74, 6) is -2.68. The van der Waals surface area contributed by atoms with Crippen LogP contribution in [0.1, 0.15) is 25.7 Å². The lowest BCUT2D eigenvalue weighted by Crippen LogP contribution is -2.34. The first kappa shape index (κ1) is 21.5. The number of nitrogens with zero attached hydrogens (tertiary/aromatic N) is 1. The number of ether oxygens (including phenoxy) is 1. The molecular formula is C17H23F3N2O4S. The fourth-order valence-electron chi connectivity index (χ4n) is 3.12. The van der Waals surface area contributed by atoms with Gasteiger partial charge in [0.1, 0.15) is 10.6 Å². The predicted octanol–water partition coefficient (Wildman–Crippen LogP) is 3.25. The lowest BCUT2D eigenvalue weighted by Gasteiger charge is -2.29. The number of amides is 1. The van der Waals surface area contributed by atoms with Gasteiger partial charge < -0.3 is 10.1 Å². The van der Waals surface area contributed by atoms with Crippen LogP contribution in [0.4, 0.5) is 18.9 Å². The number of methoxy groups -OCH3 is 1. The monoisotopic (exact) mass is 408 g/mol. The summed E-state index contributed by atoms with van der Waals surface area (Å²) in [7, 11) is 0.219. The zero-order chi connectivity index (χ0) is 20.4. The molecule has 2 atom stereocenters. The van der Waals surface area contributed by atoms with E-state index in [1.165, 1.54) is 39.4 Å². The number of sulfonamides is 1. The van der Waals surface area contributed by atoms with Gasteiger partial charge in [-0.15, -0.1) is 0 Å². The number of hydrogen-bond donors (Lipinski definition) is 1. The fraction of sp³-hybridized carbons (Fsp3) is 0.588. The molecule has 0 aromatic heterocycles. The van der Waals surface area contributed by atoms with Crippen LogP contribution in [0.5, 0.6) is 5.75 Å². The Morgan fingerprint density at radius 3 is 2.48 bits per heavy atom. The van der Waals surface area contributed by atoms with Gasteiger partial charge in [0, 0.05) is 25.7 Å². The van der Waals surface area contributed by atoms with Crippen molar-refractivity contribution in [1.29, 1.82) is 0 Å². The van der Waals surface area contributed by atoms with E-state index < -0.39 is 33.9 Å². The molecule has 1 aromatic carbocycles. The van der Waals surface area contributed by atoms with Gasteiger partial charge in [0.2, 0.25) is 15.9 Å². The van der Waals surface area contributed by atoms with Crippen LogP contribution >= 0.6 is 0 Å². The molecule has 27 heavy (non-hydrogen) atoms. The Hall–Kier alpha value is -1.81. The minimum absolute atomic E-state index is 0.0288. The van der Waals surface area contributed by atoms with Crippen LogP contribution in [0, 0.1) is 11.8 Å². The second kappa shape index (κ2) is 8.05. The summed E-state index contributed by atoms with van der Waals surface area (Å²) in [5.41, 5.74) is 0.190. The smallest absolute Gasteiger partial charge is 0.391 e. The second-order valence-corrected chi connectivity index (χ2v) is 8.86. The fourth-order valence-corrected chi connectivity index (χ4v) is 4.20. The third-order valence-electron chi connectivity index (χ3n) is 4.70. The number of hydrogen-bond acceptors (Lipinski definition) is 4. The number of rotatable bonds is 5. The zero-order valence-electron chi connectivity index (χ0n) is 15.3. The van der Waals surface area contributed by atoms with Crippen molar-refractivity contribution in [2.75, 3.05) is 26.5 Å². The van der Waals surface area contributed by atoms with E-state index in [0.29, 0.717) is 12.8 Å². The molecule has 1 amide bonds. The standard InChI is InChI=1S/C17H23F3N2O4S/c1-22(2)27(24,25)15-10-13(7-8-14(15)26-3)21-16(23)11-5-4-6-12(9-11)17(18,19)20/h7-8,10-12H,4-6,9H2,1-3H3,(H,21,23). The zero-order valence-corrected chi connectivity index (χ0v) is 16.2. The molecule has 0 saturated heterocycles. The number of nitrogens with one attached hydrogen (secondary N) is 1. The molecule has 0 radical (unpaired) electrons. The molecule has 1 saturated carbocycles. The van der Waals surface area contributed by atoms with Crippen molar-refractivity contribution in [2.45, 2.75) is 36.8 Å². The first-order valence-electron chi connectivity index (χ1n) is 8.45. The van der Waals surface area contributed by atoms with Gasteiger partial charge in [-0.2, -0.15) is 13.2 Å². The van der Waals surface area contributed by atoms with Gasteiger partial charge in [-0.3, -0.25) is 4.79 Å². The van der Waals surface area contributed by atoms with Crippen LogP contribution in [0.3, 0.4) is 0 Å². The van der Waals surface area contributed by atoms with Crippen LogP contribution in [0.15, 0.2) is 23.1 Å². The minimum Gasteiger partial charge on any atom is -0.495 e. The molecule has 1 aromatic rings. The van der Waals surface area contributed by atoms with E-state index in [-0.39, 0.29) is 29.2 Å². The van der Waals surface area contributed by atoms with Gasteiger partial charge >= 0.3 is 6.18 Å². The quantitative estimate of drug-likeness (QED) is 0.812. The van der Waals surface area contributed by atoms with E-state index in [4.69, 9.17) is 4.74 Å². The molecule has 1 N–H and O–H groups in total. The molecule has 152 valence electrons. The average molecular weight is 408 g/mol. The first-order valence-corrected chi connectivity index (χ1v) is 9.89. The van der Waals surface area contributed by atoms with Crippen LogP contribution in [0.25, 0.3) is 0 Å². The van der Waals surface area contributed by atoms with Crippen molar-refractivity contribution in [1.82, 2.24) is 4.31 Å². The van der Waals surface area contributed by atoms with Crippen LogP contribution in [-0.2, 0) is 14.8 Å². The van der Waals surface area contributed by atoms with Crippen LogP contribution < -0.4 is 10.1 Å². The Labute approximate surface area is 156 Å². The maximum Gasteiger partial charge on any atom is 0.391 e. The van der Waals surface area contributed by atoms with E-state index in [9.17, 15) is 26.4 Å². The number of benzene rings is 1. The lowest BCUT2D eigenvalue weighted by atomic mass is 9.80. The summed E-state index contributed by atoms with van der Waals surface area (Å²) in [4.78, 5) is 12.3. The van der Waals surface area contributed by atoms with Crippen molar-refractivity contribution < 1.29 is 31.1 Å². The summed E-state index contributed by atoms with van der Waals surface area (Å²) < 4.78 is 69.7. The maximum absolute atomic E-state index is 12.9. The Kier molecular flexibility index (Phi) is 6.41. The molecule has 0 aliphatic heterocycles. The van der Waals surface area contributed by atoms with E-state index in [0.717, 1.165) is 4.31 Å². The number of anilines is 1. The highest BCUT2D eigenvalue weighted by atomic mass is 32.2. The largest absolute Gasteiger partial charge is 0.495 e. The van der Waals surface area contributed by atoms with Crippen molar-refractivity contribution in [2.24, 2.45) is 11.8 Å². The molecule has 2 unspecified atom stereocenters. The van der Waals surface area contributed by atoms with Gasteiger partial charge in [-0.1, -0.05) is 6.42 Å². The molecule has 10 heteroatoms. The molecular weight excluding hydrogens is 385 g/mol. The summed E-state index contributed by atoms with van der Waals surface area (Å²) in [6.45, 7) is 0. The van der Waals surface area contributed by atoms with Gasteiger partial charge in [-0.05, 0) is 37.5 Å². The number of halogens is 3. The van der Waals surface area contributed by atoms with E-state index in [1.54, 1.807) is 0 Å². The van der Waals surface area contributed by atoms with Gasteiger partial charge in [0.25, 0.3) is 0 Å². The Bertz CT molecular complexity index is 794. The van der Waals surface area contributed by atoms with Gasteiger partial charge in [0.15, 0.2) is 0 Å². The highest BCUT2D eigenvalue weighted by Gasteiger charge is 2.43. The molecule has 0 spiro atoms. The van der Waals surface area contributed by atoms with Crippen molar-refractivity contribution in [3.8, 4) is 5.75 Å². The topological polar surface area (TPSA) is 75.7 Å². The molecule has 1 fully saturated rings. The lowest BCUT2D eigenvalue weighted by molar-refractivity contribution is -0.185. The van der Waals surface area contributed by atoms with Crippen molar-refractivity contribution >= 4 is 21.6 Å². The highest BCUT2D eigenvalue weighted by molar-refractivity contribution is 7.89. The SMILES string of the molecule is COc1ccc(NC(=O)C2CCCC(C(F)(F)F)C2)cc1S(=O)(=O)N(C)C. The van der Waals surface area contributed by atoms with Gasteiger partial charge in [0.05, 0.1) is 13.0 Å². The van der Waals surface area contributed by atoms with E-state index in [2.05, 4.69) is 5.32 Å². The Morgan fingerprint density at radius 2 is 1.93 bits per heavy atom. The van der Waals surface area contributed by atoms with Crippen LogP contribution in [-0.4, -0.2) is 46.0 Å². The normalized spacial score (nSPS) is 21.1. The molecule has 6 nitrogen and oxygen atoms in total. The Balaban J connectivity index is 2.21. The summed E-state index contributed by atoms with van der Waals surface area (Å²) in [5, 5.41) is 2.54. The summed E-state index contributed by atoms with van der Waals surface area (Å²) in [6, 6.07) is 4.09. The predicted molar refractivity (Wildman–Crippen MR) is 94.0 cm³/mol. The summed E-state index contributed by atoms with van der Waals surface area (Å²) in [6.07, 6.45) is -3.84. The third-order valence-corrected chi connectivity index (χ3v) is 6.53. The van der Waals surface area contributed by atoms with Crippen LogP contribution in [0.2, 0.25) is 0 Å². The third kappa shape index (κ3) is 4.92. The summed E-state index contributed by atoms with van der Waals surface area (Å²) >= 11 is 0. The van der Waals surface area contributed by atoms with Crippen molar-refractivity contribution in [3.63, 3.8) is 0 Å². The number of carbonyl (C=O) groups excluding carboxylic acids is 1. The van der Waals surface area contributed by atoms with Gasteiger partial charge in [-0.25, -0.2) is 12.7 Å². The molecule has 1 aliphatic carbocycles. The second-order valence-electron chi connectivity index (χ2n) is 6.74. The number of carbonyl (C=O) groups is 1. The van der Waals surface area contributed by atoms with E-state index >= 15 is 0 Å². The molecule has 0 bridgehead atoms. The minimum atomic E-state index is -4.31. The van der Waals surface area contributed by atoms with E-state index in [1.807, 2.05) is 0 Å².